The molecular formula is C20H37NO3. The lowest BCUT2D eigenvalue weighted by molar-refractivity contribution is -0.144. The first-order valence-electron chi connectivity index (χ1n) is 9.82. The Labute approximate surface area is 147 Å². The zero-order valence-electron chi connectivity index (χ0n) is 16.1. The summed E-state index contributed by atoms with van der Waals surface area (Å²) < 4.78 is 0. The molecule has 4 heteroatoms. The van der Waals surface area contributed by atoms with Crippen LogP contribution < -0.4 is 5.32 Å². The number of hydrogen-bond acceptors (Lipinski definition) is 2. The lowest BCUT2D eigenvalue weighted by Gasteiger charge is -2.37. The van der Waals surface area contributed by atoms with E-state index in [0.717, 1.165) is 50.4 Å². The van der Waals surface area contributed by atoms with Crippen molar-refractivity contribution in [2.45, 2.75) is 97.9 Å². The van der Waals surface area contributed by atoms with Gasteiger partial charge in [-0.25, -0.2) is 4.79 Å². The summed E-state index contributed by atoms with van der Waals surface area (Å²) in [5.74, 6) is 0.523. The summed E-state index contributed by atoms with van der Waals surface area (Å²) >= 11 is 0. The Morgan fingerprint density at radius 1 is 1.17 bits per heavy atom. The topological polar surface area (TPSA) is 66.4 Å². The molecule has 1 atom stereocenters. The van der Waals surface area contributed by atoms with E-state index >= 15 is 0 Å². The second kappa shape index (κ2) is 10.0. The predicted molar refractivity (Wildman–Crippen MR) is 97.8 cm³/mol. The van der Waals surface area contributed by atoms with E-state index in [4.69, 9.17) is 0 Å². The van der Waals surface area contributed by atoms with E-state index in [1.54, 1.807) is 0 Å². The van der Waals surface area contributed by atoms with Gasteiger partial charge < -0.3 is 10.4 Å². The molecule has 1 saturated carbocycles. The molecule has 1 fully saturated rings. The Morgan fingerprint density at radius 3 is 2.29 bits per heavy atom. The average molecular weight is 340 g/mol. The average Bonchev–Trinajstić information content (AvgIpc) is 2.52. The van der Waals surface area contributed by atoms with Gasteiger partial charge in [-0.3, -0.25) is 4.79 Å². The minimum Gasteiger partial charge on any atom is -0.480 e. The van der Waals surface area contributed by atoms with Crippen molar-refractivity contribution in [1.82, 2.24) is 5.32 Å². The standard InChI is InChI=1S/C20H37NO3/c1-5-6-10-17(18(22)23)21-19(24)20(4)13-11-16(12-14-20)9-7-8-15(2)3/h15-17H,5-14H2,1-4H3,(H,21,24)(H,22,23). The van der Waals surface area contributed by atoms with Gasteiger partial charge in [-0.1, -0.05) is 59.8 Å². The van der Waals surface area contributed by atoms with Gasteiger partial charge >= 0.3 is 5.97 Å². The van der Waals surface area contributed by atoms with E-state index in [1.807, 2.05) is 13.8 Å². The molecule has 0 saturated heterocycles. The number of carboxylic acids is 1. The quantitative estimate of drug-likeness (QED) is 0.602. The number of unbranched alkanes of at least 4 members (excludes halogenated alkanes) is 1. The molecular weight excluding hydrogens is 302 g/mol. The smallest absolute Gasteiger partial charge is 0.326 e. The first-order chi connectivity index (χ1) is 11.3. The van der Waals surface area contributed by atoms with Gasteiger partial charge in [0.2, 0.25) is 5.91 Å². The zero-order chi connectivity index (χ0) is 18.2. The minimum absolute atomic E-state index is 0.0633. The van der Waals surface area contributed by atoms with Crippen molar-refractivity contribution >= 4 is 11.9 Å². The Hall–Kier alpha value is -1.06. The zero-order valence-corrected chi connectivity index (χ0v) is 16.1. The molecule has 0 radical (unpaired) electrons. The Morgan fingerprint density at radius 2 is 1.79 bits per heavy atom. The SMILES string of the molecule is CCCCC(NC(=O)C1(C)CCC(CCCC(C)C)CC1)C(=O)O. The Balaban J connectivity index is 2.46. The number of carbonyl (C=O) groups is 2. The van der Waals surface area contributed by atoms with E-state index in [-0.39, 0.29) is 5.91 Å². The maximum absolute atomic E-state index is 12.6. The van der Waals surface area contributed by atoms with E-state index < -0.39 is 17.4 Å². The highest BCUT2D eigenvalue weighted by molar-refractivity contribution is 5.87. The van der Waals surface area contributed by atoms with Gasteiger partial charge in [0.15, 0.2) is 0 Å². The molecule has 1 rings (SSSR count). The fraction of sp³-hybridized carbons (Fsp3) is 0.900. The molecule has 0 spiro atoms. The lowest BCUT2D eigenvalue weighted by atomic mass is 9.70. The summed E-state index contributed by atoms with van der Waals surface area (Å²) in [6.07, 6.45) is 10.1. The molecule has 24 heavy (non-hydrogen) atoms. The molecule has 1 unspecified atom stereocenters. The van der Waals surface area contributed by atoms with Crippen LogP contribution in [0.25, 0.3) is 0 Å². The van der Waals surface area contributed by atoms with Gasteiger partial charge in [-0.05, 0) is 43.9 Å². The summed E-state index contributed by atoms with van der Waals surface area (Å²) in [5.41, 5.74) is -0.394. The third-order valence-electron chi connectivity index (χ3n) is 5.60. The van der Waals surface area contributed by atoms with Crippen LogP contribution in [-0.4, -0.2) is 23.0 Å². The van der Waals surface area contributed by atoms with E-state index in [0.29, 0.717) is 6.42 Å². The van der Waals surface area contributed by atoms with Crippen molar-refractivity contribution < 1.29 is 14.7 Å². The van der Waals surface area contributed by atoms with Gasteiger partial charge in [-0.2, -0.15) is 0 Å². The number of aliphatic carboxylic acids is 1. The van der Waals surface area contributed by atoms with Crippen LogP contribution in [0.3, 0.4) is 0 Å². The molecule has 1 amide bonds. The van der Waals surface area contributed by atoms with Crippen LogP contribution >= 0.6 is 0 Å². The third kappa shape index (κ3) is 6.82. The van der Waals surface area contributed by atoms with E-state index in [2.05, 4.69) is 19.2 Å². The number of nitrogens with one attached hydrogen (secondary N) is 1. The largest absolute Gasteiger partial charge is 0.480 e. The van der Waals surface area contributed by atoms with Crippen LogP contribution in [0.4, 0.5) is 0 Å². The summed E-state index contributed by atoms with van der Waals surface area (Å²) in [4.78, 5) is 24.0. The number of carbonyl (C=O) groups excluding carboxylic acids is 1. The number of hydrogen-bond donors (Lipinski definition) is 2. The number of carboxylic acid groups (broad SMARTS) is 1. The van der Waals surface area contributed by atoms with Crippen LogP contribution in [-0.2, 0) is 9.59 Å². The number of amides is 1. The van der Waals surface area contributed by atoms with Gasteiger partial charge in [0.25, 0.3) is 0 Å². The molecule has 0 aromatic rings. The summed E-state index contributed by atoms with van der Waals surface area (Å²) in [7, 11) is 0. The van der Waals surface area contributed by atoms with Crippen LogP contribution in [0.2, 0.25) is 0 Å². The second-order valence-electron chi connectivity index (χ2n) is 8.34. The van der Waals surface area contributed by atoms with Crippen molar-refractivity contribution in [1.29, 1.82) is 0 Å². The number of rotatable bonds is 10. The van der Waals surface area contributed by atoms with Gasteiger partial charge in [0.05, 0.1) is 0 Å². The molecule has 0 heterocycles. The van der Waals surface area contributed by atoms with Gasteiger partial charge in [-0.15, -0.1) is 0 Å². The van der Waals surface area contributed by atoms with Gasteiger partial charge in [0, 0.05) is 5.41 Å². The predicted octanol–water partition coefficient (Wildman–Crippen LogP) is 4.77. The fourth-order valence-electron chi connectivity index (χ4n) is 3.64. The molecule has 140 valence electrons. The molecule has 2 N–H and O–H groups in total. The molecule has 0 aromatic carbocycles. The van der Waals surface area contributed by atoms with Gasteiger partial charge in [0.1, 0.15) is 6.04 Å². The molecule has 1 aliphatic carbocycles. The summed E-state index contributed by atoms with van der Waals surface area (Å²) in [6, 6.07) is -0.738. The van der Waals surface area contributed by atoms with Crippen LogP contribution in [0, 0.1) is 17.3 Å². The first kappa shape index (κ1) is 21.0. The highest BCUT2D eigenvalue weighted by Gasteiger charge is 2.38. The van der Waals surface area contributed by atoms with Crippen LogP contribution in [0.5, 0.6) is 0 Å². The fourth-order valence-corrected chi connectivity index (χ4v) is 3.64. The molecule has 0 bridgehead atoms. The Bertz CT molecular complexity index is 398. The monoisotopic (exact) mass is 339 g/mol. The lowest BCUT2D eigenvalue weighted by Crippen LogP contribution is -2.48. The second-order valence-corrected chi connectivity index (χ2v) is 8.34. The van der Waals surface area contributed by atoms with E-state index in [9.17, 15) is 14.7 Å². The van der Waals surface area contributed by atoms with Crippen LogP contribution in [0.1, 0.15) is 91.9 Å². The third-order valence-corrected chi connectivity index (χ3v) is 5.60. The highest BCUT2D eigenvalue weighted by atomic mass is 16.4. The van der Waals surface area contributed by atoms with Crippen molar-refractivity contribution in [3.05, 3.63) is 0 Å². The summed E-state index contributed by atoms with van der Waals surface area (Å²) in [6.45, 7) is 8.56. The molecule has 4 nitrogen and oxygen atoms in total. The van der Waals surface area contributed by atoms with Crippen molar-refractivity contribution in [3.63, 3.8) is 0 Å². The van der Waals surface area contributed by atoms with Crippen molar-refractivity contribution in [2.75, 3.05) is 0 Å². The minimum atomic E-state index is -0.914. The molecule has 1 aliphatic rings. The van der Waals surface area contributed by atoms with Crippen molar-refractivity contribution in [2.24, 2.45) is 17.3 Å². The normalized spacial score (nSPS) is 25.5. The Kier molecular flexibility index (Phi) is 8.79. The van der Waals surface area contributed by atoms with E-state index in [1.165, 1.54) is 19.3 Å². The maximum atomic E-state index is 12.6. The maximum Gasteiger partial charge on any atom is 0.326 e. The first-order valence-corrected chi connectivity index (χ1v) is 9.82. The highest BCUT2D eigenvalue weighted by Crippen LogP contribution is 2.40. The molecule has 0 aromatic heterocycles. The summed E-state index contributed by atoms with van der Waals surface area (Å²) in [5, 5.41) is 12.1. The molecule has 0 aliphatic heterocycles. The van der Waals surface area contributed by atoms with Crippen molar-refractivity contribution in [3.8, 4) is 0 Å². The van der Waals surface area contributed by atoms with Crippen LogP contribution in [0.15, 0.2) is 0 Å².